The summed E-state index contributed by atoms with van der Waals surface area (Å²) in [5.74, 6) is 0.824. The zero-order valence-corrected chi connectivity index (χ0v) is 9.30. The van der Waals surface area contributed by atoms with Crippen LogP contribution in [0.25, 0.3) is 0 Å². The Bertz CT molecular complexity index is 133. The van der Waals surface area contributed by atoms with E-state index in [-0.39, 0.29) is 6.29 Å². The molecule has 1 fully saturated rings. The Kier molecular flexibility index (Phi) is 5.09. The topological polar surface area (TPSA) is 27.7 Å². The monoisotopic (exact) mass is 206 g/mol. The summed E-state index contributed by atoms with van der Waals surface area (Å²) in [5.41, 5.74) is 0. The molecule has 1 aliphatic heterocycles. The fraction of sp³-hybridized carbons (Fsp3) is 1.00. The van der Waals surface area contributed by atoms with Gasteiger partial charge in [-0.1, -0.05) is 13.8 Å². The highest BCUT2D eigenvalue weighted by Gasteiger charge is 2.24. The van der Waals surface area contributed by atoms with E-state index in [9.17, 15) is 0 Å². The Hall–Kier alpha value is 0.230. The minimum atomic E-state index is -0.0227. The lowest BCUT2D eigenvalue weighted by atomic mass is 10.1. The smallest absolute Gasteiger partial charge is 0.159 e. The molecule has 0 aromatic carbocycles. The molecule has 0 unspecified atom stereocenters. The second-order valence-corrected chi connectivity index (χ2v) is 4.17. The first-order valence-electron chi connectivity index (χ1n) is 4.63. The van der Waals surface area contributed by atoms with Crippen molar-refractivity contribution in [1.29, 1.82) is 0 Å². The lowest BCUT2D eigenvalue weighted by molar-refractivity contribution is -0.221. The summed E-state index contributed by atoms with van der Waals surface area (Å²) in [6.07, 6.45) is 1.90. The predicted molar refractivity (Wildman–Crippen MR) is 53.5 cm³/mol. The SMILES string of the molecule is CSOCC1COC(C(C)C)OC1. The molecule has 0 aromatic rings. The van der Waals surface area contributed by atoms with Crippen molar-refractivity contribution in [3.05, 3.63) is 0 Å². The Morgan fingerprint density at radius 2 is 2.00 bits per heavy atom. The maximum atomic E-state index is 5.54. The predicted octanol–water partition coefficient (Wildman–Crippen LogP) is 1.93. The Labute approximate surface area is 84.3 Å². The van der Waals surface area contributed by atoms with E-state index < -0.39 is 0 Å². The Morgan fingerprint density at radius 1 is 1.38 bits per heavy atom. The van der Waals surface area contributed by atoms with Gasteiger partial charge >= 0.3 is 0 Å². The van der Waals surface area contributed by atoms with Crippen molar-refractivity contribution >= 4 is 12.0 Å². The molecule has 1 saturated heterocycles. The fourth-order valence-corrected chi connectivity index (χ4v) is 1.53. The summed E-state index contributed by atoms with van der Waals surface area (Å²) in [6.45, 7) is 6.42. The molecule has 78 valence electrons. The molecule has 13 heavy (non-hydrogen) atoms. The van der Waals surface area contributed by atoms with Crippen LogP contribution in [0.4, 0.5) is 0 Å². The van der Waals surface area contributed by atoms with Crippen molar-refractivity contribution in [2.75, 3.05) is 26.1 Å². The van der Waals surface area contributed by atoms with Gasteiger partial charge in [0.2, 0.25) is 0 Å². The van der Waals surface area contributed by atoms with Crippen molar-refractivity contribution in [2.24, 2.45) is 11.8 Å². The second-order valence-electron chi connectivity index (χ2n) is 3.60. The van der Waals surface area contributed by atoms with E-state index in [1.165, 1.54) is 12.0 Å². The second kappa shape index (κ2) is 5.86. The summed E-state index contributed by atoms with van der Waals surface area (Å²) >= 11 is 1.39. The number of rotatable bonds is 4. The largest absolute Gasteiger partial charge is 0.352 e. The molecule has 0 bridgehead atoms. The van der Waals surface area contributed by atoms with Crippen molar-refractivity contribution in [3.63, 3.8) is 0 Å². The van der Waals surface area contributed by atoms with E-state index in [1.807, 2.05) is 6.26 Å². The first-order chi connectivity index (χ1) is 6.24. The molecule has 0 amide bonds. The van der Waals surface area contributed by atoms with Gasteiger partial charge < -0.3 is 13.7 Å². The van der Waals surface area contributed by atoms with Gasteiger partial charge in [-0.2, -0.15) is 0 Å². The van der Waals surface area contributed by atoms with Gasteiger partial charge in [-0.15, -0.1) is 0 Å². The Balaban J connectivity index is 2.15. The van der Waals surface area contributed by atoms with Crippen LogP contribution in [0.3, 0.4) is 0 Å². The quantitative estimate of drug-likeness (QED) is 0.657. The van der Waals surface area contributed by atoms with Crippen LogP contribution in [0.15, 0.2) is 0 Å². The minimum Gasteiger partial charge on any atom is -0.352 e. The molecule has 1 rings (SSSR count). The molecule has 0 radical (unpaired) electrons. The van der Waals surface area contributed by atoms with E-state index in [0.717, 1.165) is 13.2 Å². The maximum absolute atomic E-state index is 5.54. The van der Waals surface area contributed by atoms with Gasteiger partial charge in [0.1, 0.15) is 0 Å². The van der Waals surface area contributed by atoms with Crippen LogP contribution >= 0.6 is 12.0 Å². The normalized spacial score (nSPS) is 29.5. The van der Waals surface area contributed by atoms with Gasteiger partial charge in [0.05, 0.1) is 19.8 Å². The zero-order chi connectivity index (χ0) is 9.68. The molecule has 0 aliphatic carbocycles. The molecule has 3 nitrogen and oxygen atoms in total. The van der Waals surface area contributed by atoms with Gasteiger partial charge in [-0.05, 0) is 12.0 Å². The van der Waals surface area contributed by atoms with Crippen LogP contribution < -0.4 is 0 Å². The molecule has 4 heteroatoms. The summed E-state index contributed by atoms with van der Waals surface area (Å²) in [7, 11) is 0. The van der Waals surface area contributed by atoms with Gasteiger partial charge in [0.25, 0.3) is 0 Å². The van der Waals surface area contributed by atoms with E-state index in [1.54, 1.807) is 0 Å². The standard InChI is InChI=1S/C9H18O3S/c1-7(2)9-10-4-8(5-11-9)6-12-13-3/h7-9H,4-6H2,1-3H3. The van der Waals surface area contributed by atoms with E-state index >= 15 is 0 Å². The minimum absolute atomic E-state index is 0.0227. The Morgan fingerprint density at radius 3 is 2.46 bits per heavy atom. The van der Waals surface area contributed by atoms with Crippen LogP contribution in [0.5, 0.6) is 0 Å². The molecule has 0 N–H and O–H groups in total. The maximum Gasteiger partial charge on any atom is 0.159 e. The van der Waals surface area contributed by atoms with Crippen LogP contribution in [0.1, 0.15) is 13.8 Å². The van der Waals surface area contributed by atoms with Crippen LogP contribution in [-0.4, -0.2) is 32.4 Å². The summed E-state index contributed by atoms with van der Waals surface area (Å²) < 4.78 is 16.3. The third kappa shape index (κ3) is 3.85. The van der Waals surface area contributed by atoms with Crippen LogP contribution in [-0.2, 0) is 13.7 Å². The van der Waals surface area contributed by atoms with E-state index in [4.69, 9.17) is 13.7 Å². The lowest BCUT2D eigenvalue weighted by Crippen LogP contribution is -2.36. The summed E-state index contributed by atoms with van der Waals surface area (Å²) in [4.78, 5) is 0. The third-order valence-corrected chi connectivity index (χ3v) is 2.33. The van der Waals surface area contributed by atoms with Gasteiger partial charge in [0, 0.05) is 18.1 Å². The first-order valence-corrected chi connectivity index (χ1v) is 5.77. The van der Waals surface area contributed by atoms with Crippen LogP contribution in [0, 0.1) is 11.8 Å². The molecule has 0 spiro atoms. The van der Waals surface area contributed by atoms with Gasteiger partial charge in [-0.25, -0.2) is 0 Å². The number of hydrogen-bond donors (Lipinski definition) is 0. The highest BCUT2D eigenvalue weighted by molar-refractivity contribution is 7.93. The first kappa shape index (κ1) is 11.3. The molecule has 1 heterocycles. The molecule has 0 atom stereocenters. The zero-order valence-electron chi connectivity index (χ0n) is 8.49. The third-order valence-electron chi connectivity index (χ3n) is 1.96. The van der Waals surface area contributed by atoms with Gasteiger partial charge in [-0.3, -0.25) is 0 Å². The van der Waals surface area contributed by atoms with Crippen molar-refractivity contribution in [1.82, 2.24) is 0 Å². The van der Waals surface area contributed by atoms with E-state index in [0.29, 0.717) is 18.4 Å². The highest BCUT2D eigenvalue weighted by atomic mass is 32.2. The van der Waals surface area contributed by atoms with Crippen molar-refractivity contribution < 1.29 is 13.7 Å². The summed E-state index contributed by atoms with van der Waals surface area (Å²) in [5, 5.41) is 0. The molecule has 1 aliphatic rings. The average Bonchev–Trinajstić information content (AvgIpc) is 2.15. The van der Waals surface area contributed by atoms with Crippen molar-refractivity contribution in [3.8, 4) is 0 Å². The van der Waals surface area contributed by atoms with Gasteiger partial charge in [0.15, 0.2) is 6.29 Å². The average molecular weight is 206 g/mol. The fourth-order valence-electron chi connectivity index (χ4n) is 1.20. The van der Waals surface area contributed by atoms with E-state index in [2.05, 4.69) is 13.8 Å². The lowest BCUT2D eigenvalue weighted by Gasteiger charge is -2.31. The molecular formula is C9H18O3S. The summed E-state index contributed by atoms with van der Waals surface area (Å²) in [6, 6.07) is 0. The number of hydrogen-bond acceptors (Lipinski definition) is 4. The molecular weight excluding hydrogens is 188 g/mol. The highest BCUT2D eigenvalue weighted by Crippen LogP contribution is 2.18. The number of ether oxygens (including phenoxy) is 2. The van der Waals surface area contributed by atoms with Crippen molar-refractivity contribution in [2.45, 2.75) is 20.1 Å². The molecule has 0 aromatic heterocycles. The molecule has 0 saturated carbocycles. The van der Waals surface area contributed by atoms with Crippen LogP contribution in [0.2, 0.25) is 0 Å².